The minimum absolute atomic E-state index is 0.0613. The van der Waals surface area contributed by atoms with Crippen molar-refractivity contribution in [3.8, 4) is 0 Å². The molecular weight excluding hydrogens is 258 g/mol. The van der Waals surface area contributed by atoms with Gasteiger partial charge >= 0.3 is 0 Å². The summed E-state index contributed by atoms with van der Waals surface area (Å²) in [5.41, 5.74) is 9.67. The Labute approximate surface area is 120 Å². The Morgan fingerprint density at radius 3 is 2.26 bits per heavy atom. The lowest BCUT2D eigenvalue weighted by molar-refractivity contribution is -0.116. The Morgan fingerprint density at radius 1 is 1.26 bits per heavy atom. The van der Waals surface area contributed by atoms with Gasteiger partial charge in [-0.1, -0.05) is 29.9 Å². The van der Waals surface area contributed by atoms with Gasteiger partial charge in [0.05, 0.1) is 11.5 Å². The summed E-state index contributed by atoms with van der Waals surface area (Å²) in [6.07, 6.45) is 0. The molecule has 0 spiro atoms. The van der Waals surface area contributed by atoms with Gasteiger partial charge in [-0.25, -0.2) is 0 Å². The standard InChI is InChI=1S/C14H21N3OS/c1-9-5-10(2)14(11(3)6-9)16-13(18)8-17(4)7-12(15)19/h5-6H,7-8H2,1-4H3,(H2,15,19)(H,16,18). The smallest absolute Gasteiger partial charge is 0.238 e. The van der Waals surface area contributed by atoms with Crippen molar-refractivity contribution in [2.75, 3.05) is 25.5 Å². The van der Waals surface area contributed by atoms with Crippen molar-refractivity contribution in [1.29, 1.82) is 0 Å². The van der Waals surface area contributed by atoms with E-state index < -0.39 is 0 Å². The fourth-order valence-electron chi connectivity index (χ4n) is 2.12. The molecule has 1 rings (SSSR count). The number of anilines is 1. The summed E-state index contributed by atoms with van der Waals surface area (Å²) in [6, 6.07) is 4.11. The zero-order chi connectivity index (χ0) is 14.6. The van der Waals surface area contributed by atoms with Gasteiger partial charge in [-0.05, 0) is 38.9 Å². The highest BCUT2D eigenvalue weighted by Crippen LogP contribution is 2.21. The van der Waals surface area contributed by atoms with Crippen LogP contribution in [0.4, 0.5) is 5.69 Å². The Balaban J connectivity index is 2.70. The molecule has 1 amide bonds. The topological polar surface area (TPSA) is 58.4 Å². The Bertz CT molecular complexity index is 476. The lowest BCUT2D eigenvalue weighted by atomic mass is 10.1. The van der Waals surface area contributed by atoms with E-state index in [2.05, 4.69) is 17.4 Å². The molecule has 0 unspecified atom stereocenters. The third kappa shape index (κ3) is 4.96. The maximum atomic E-state index is 12.0. The zero-order valence-electron chi connectivity index (χ0n) is 11.9. The van der Waals surface area contributed by atoms with Crippen LogP contribution in [0.15, 0.2) is 12.1 Å². The molecule has 0 heterocycles. The number of likely N-dealkylation sites (N-methyl/N-ethyl adjacent to an activating group) is 1. The summed E-state index contributed by atoms with van der Waals surface area (Å²) in [5.74, 6) is -0.0613. The van der Waals surface area contributed by atoms with E-state index in [1.807, 2.05) is 27.8 Å². The van der Waals surface area contributed by atoms with Crippen LogP contribution in [0.1, 0.15) is 16.7 Å². The highest BCUT2D eigenvalue weighted by Gasteiger charge is 2.10. The molecule has 19 heavy (non-hydrogen) atoms. The molecule has 0 radical (unpaired) electrons. The molecule has 4 nitrogen and oxygen atoms in total. The lowest BCUT2D eigenvalue weighted by Crippen LogP contribution is -2.35. The average molecular weight is 279 g/mol. The Hall–Kier alpha value is -1.46. The molecule has 0 saturated heterocycles. The van der Waals surface area contributed by atoms with E-state index in [0.29, 0.717) is 11.5 Å². The van der Waals surface area contributed by atoms with Crippen molar-refractivity contribution in [2.24, 2.45) is 5.73 Å². The Morgan fingerprint density at radius 2 is 1.79 bits per heavy atom. The molecule has 0 fully saturated rings. The number of nitrogens with zero attached hydrogens (tertiary/aromatic N) is 1. The Kier molecular flexibility index (Phi) is 5.44. The maximum absolute atomic E-state index is 12.0. The predicted octanol–water partition coefficient (Wildman–Crippen LogP) is 1.77. The van der Waals surface area contributed by atoms with Crippen molar-refractivity contribution < 1.29 is 4.79 Å². The van der Waals surface area contributed by atoms with E-state index >= 15 is 0 Å². The molecule has 1 aromatic rings. The lowest BCUT2D eigenvalue weighted by Gasteiger charge is -2.17. The molecule has 3 N–H and O–H groups in total. The molecule has 0 saturated carbocycles. The van der Waals surface area contributed by atoms with Crippen molar-refractivity contribution in [3.63, 3.8) is 0 Å². The van der Waals surface area contributed by atoms with Gasteiger partial charge in [0, 0.05) is 12.2 Å². The summed E-state index contributed by atoms with van der Waals surface area (Å²) < 4.78 is 0. The minimum atomic E-state index is -0.0613. The SMILES string of the molecule is Cc1cc(C)c(NC(=O)CN(C)CC(N)=S)c(C)c1. The van der Waals surface area contributed by atoms with E-state index in [1.165, 1.54) is 5.56 Å². The summed E-state index contributed by atoms with van der Waals surface area (Å²) >= 11 is 4.81. The van der Waals surface area contributed by atoms with Crippen LogP contribution in [0, 0.1) is 20.8 Å². The van der Waals surface area contributed by atoms with Gasteiger partial charge in [-0.3, -0.25) is 9.69 Å². The van der Waals surface area contributed by atoms with Crippen LogP contribution in [0.3, 0.4) is 0 Å². The first-order valence-electron chi connectivity index (χ1n) is 6.14. The number of thiocarbonyl (C=S) groups is 1. The van der Waals surface area contributed by atoms with Crippen LogP contribution >= 0.6 is 12.2 Å². The second-order valence-electron chi connectivity index (χ2n) is 4.96. The number of rotatable bonds is 5. The van der Waals surface area contributed by atoms with Crippen LogP contribution in [0.2, 0.25) is 0 Å². The first-order valence-corrected chi connectivity index (χ1v) is 6.55. The van der Waals surface area contributed by atoms with Gasteiger partial charge in [-0.15, -0.1) is 0 Å². The largest absolute Gasteiger partial charge is 0.392 e. The van der Waals surface area contributed by atoms with Gasteiger partial charge < -0.3 is 11.1 Å². The average Bonchev–Trinajstić information content (AvgIpc) is 2.21. The highest BCUT2D eigenvalue weighted by atomic mass is 32.1. The number of benzene rings is 1. The van der Waals surface area contributed by atoms with E-state index in [0.717, 1.165) is 16.8 Å². The molecule has 0 aromatic heterocycles. The van der Waals surface area contributed by atoms with Crippen LogP contribution in [0.25, 0.3) is 0 Å². The molecule has 5 heteroatoms. The highest BCUT2D eigenvalue weighted by molar-refractivity contribution is 7.80. The monoisotopic (exact) mass is 279 g/mol. The second kappa shape index (κ2) is 6.63. The van der Waals surface area contributed by atoms with Crippen molar-refractivity contribution in [2.45, 2.75) is 20.8 Å². The molecule has 0 aliphatic rings. The predicted molar refractivity (Wildman–Crippen MR) is 83.6 cm³/mol. The maximum Gasteiger partial charge on any atom is 0.238 e. The van der Waals surface area contributed by atoms with Gasteiger partial charge in [0.1, 0.15) is 0 Å². The number of carbonyl (C=O) groups is 1. The number of hydrogen-bond acceptors (Lipinski definition) is 3. The van der Waals surface area contributed by atoms with E-state index in [1.54, 1.807) is 4.90 Å². The number of nitrogens with two attached hydrogens (primary N) is 1. The van der Waals surface area contributed by atoms with Gasteiger partial charge in [0.25, 0.3) is 0 Å². The van der Waals surface area contributed by atoms with Crippen LogP contribution in [0.5, 0.6) is 0 Å². The van der Waals surface area contributed by atoms with E-state index in [4.69, 9.17) is 18.0 Å². The second-order valence-corrected chi connectivity index (χ2v) is 5.48. The summed E-state index contributed by atoms with van der Waals surface area (Å²) in [5, 5.41) is 2.95. The zero-order valence-corrected chi connectivity index (χ0v) is 12.7. The van der Waals surface area contributed by atoms with Gasteiger partial charge in [-0.2, -0.15) is 0 Å². The summed E-state index contributed by atoms with van der Waals surface area (Å²) in [7, 11) is 1.81. The van der Waals surface area contributed by atoms with E-state index in [9.17, 15) is 4.79 Å². The van der Waals surface area contributed by atoms with Crippen LogP contribution in [-0.2, 0) is 4.79 Å². The molecule has 0 aliphatic heterocycles. The first-order chi connectivity index (χ1) is 8.79. The molecule has 1 aromatic carbocycles. The number of hydrogen-bond donors (Lipinski definition) is 2. The van der Waals surface area contributed by atoms with Gasteiger partial charge in [0.2, 0.25) is 5.91 Å². The number of nitrogens with one attached hydrogen (secondary N) is 1. The first kappa shape index (κ1) is 15.6. The minimum Gasteiger partial charge on any atom is -0.392 e. The number of aryl methyl sites for hydroxylation is 3. The summed E-state index contributed by atoms with van der Waals surface area (Å²) in [6.45, 7) is 6.74. The van der Waals surface area contributed by atoms with Crippen LogP contribution in [-0.4, -0.2) is 35.9 Å². The van der Waals surface area contributed by atoms with Crippen LogP contribution < -0.4 is 11.1 Å². The van der Waals surface area contributed by atoms with Crippen molar-refractivity contribution >= 4 is 28.8 Å². The third-order valence-corrected chi connectivity index (χ3v) is 2.91. The fourth-order valence-corrected chi connectivity index (χ4v) is 2.34. The number of amides is 1. The summed E-state index contributed by atoms with van der Waals surface area (Å²) in [4.78, 5) is 14.1. The fraction of sp³-hybridized carbons (Fsp3) is 0.429. The number of carbonyl (C=O) groups excluding carboxylic acids is 1. The molecule has 104 valence electrons. The molecule has 0 atom stereocenters. The van der Waals surface area contributed by atoms with Crippen molar-refractivity contribution in [3.05, 3.63) is 28.8 Å². The third-order valence-electron chi connectivity index (χ3n) is 2.78. The molecular formula is C14H21N3OS. The van der Waals surface area contributed by atoms with Gasteiger partial charge in [0.15, 0.2) is 0 Å². The molecule has 0 aliphatic carbocycles. The van der Waals surface area contributed by atoms with Crippen molar-refractivity contribution in [1.82, 2.24) is 4.90 Å². The molecule has 0 bridgehead atoms. The normalized spacial score (nSPS) is 10.6. The quantitative estimate of drug-likeness (QED) is 0.807. The van der Waals surface area contributed by atoms with E-state index in [-0.39, 0.29) is 12.5 Å².